The van der Waals surface area contributed by atoms with Gasteiger partial charge in [-0.25, -0.2) is 4.99 Å². The Morgan fingerprint density at radius 1 is 1.12 bits per heavy atom. The highest BCUT2D eigenvalue weighted by atomic mass is 15.3. The first-order valence-corrected chi connectivity index (χ1v) is 4.68. The summed E-state index contributed by atoms with van der Waals surface area (Å²) in [6.07, 6.45) is 3.15. The molecule has 0 saturated heterocycles. The van der Waals surface area contributed by atoms with Gasteiger partial charge in [0.2, 0.25) is 0 Å². The van der Waals surface area contributed by atoms with Crippen LogP contribution in [0, 0.1) is 0 Å². The van der Waals surface area contributed by atoms with Crippen LogP contribution in [0.5, 0.6) is 0 Å². The molecule has 4 N–H and O–H groups in total. The number of hydrogen-bond donors (Lipinski definition) is 3. The number of rotatable bonds is 3. The summed E-state index contributed by atoms with van der Waals surface area (Å²) in [6, 6.07) is 3.39. The van der Waals surface area contributed by atoms with E-state index in [1.54, 1.807) is 24.5 Å². The van der Waals surface area contributed by atoms with Crippen LogP contribution in [0.1, 0.15) is 11.4 Å². The minimum Gasteiger partial charge on any atom is -0.380 e. The van der Waals surface area contributed by atoms with Gasteiger partial charge in [-0.2, -0.15) is 10.2 Å². The van der Waals surface area contributed by atoms with Crippen LogP contribution >= 0.6 is 0 Å². The smallest absolute Gasteiger partial charge is 0.199 e. The van der Waals surface area contributed by atoms with Gasteiger partial charge in [0.1, 0.15) is 11.4 Å². The van der Waals surface area contributed by atoms with Crippen molar-refractivity contribution >= 4 is 18.4 Å². The molecule has 0 bridgehead atoms. The SMILES string of the molecule is C=N/C(=N\N=C(/N)c1ccn[nH]1)c1ccn[nH]1. The summed E-state index contributed by atoms with van der Waals surface area (Å²) in [6.45, 7) is 3.40. The summed E-state index contributed by atoms with van der Waals surface area (Å²) in [7, 11) is 0. The lowest BCUT2D eigenvalue weighted by Gasteiger charge is -1.94. The van der Waals surface area contributed by atoms with Gasteiger partial charge in [0.05, 0.1) is 0 Å². The second-order valence-corrected chi connectivity index (χ2v) is 3.01. The van der Waals surface area contributed by atoms with E-state index in [1.807, 2.05) is 0 Å². The van der Waals surface area contributed by atoms with E-state index in [0.717, 1.165) is 0 Å². The monoisotopic (exact) mass is 230 g/mol. The molecule has 0 spiro atoms. The Balaban J connectivity index is 2.24. The highest BCUT2D eigenvalue weighted by Gasteiger charge is 2.02. The Hall–Kier alpha value is -2.77. The van der Waals surface area contributed by atoms with Gasteiger partial charge < -0.3 is 5.73 Å². The Kier molecular flexibility index (Phi) is 3.05. The zero-order valence-corrected chi connectivity index (χ0v) is 8.83. The van der Waals surface area contributed by atoms with Crippen molar-refractivity contribution in [3.63, 3.8) is 0 Å². The third kappa shape index (κ3) is 2.43. The van der Waals surface area contributed by atoms with Gasteiger partial charge in [-0.05, 0) is 18.9 Å². The number of aliphatic imine (C=N–C) groups is 1. The third-order valence-electron chi connectivity index (χ3n) is 1.92. The van der Waals surface area contributed by atoms with Crippen molar-refractivity contribution in [1.82, 2.24) is 20.4 Å². The van der Waals surface area contributed by atoms with Crippen molar-refractivity contribution < 1.29 is 0 Å². The second-order valence-electron chi connectivity index (χ2n) is 3.01. The molecule has 8 heteroatoms. The van der Waals surface area contributed by atoms with E-state index in [0.29, 0.717) is 17.2 Å². The molecule has 0 unspecified atom stereocenters. The molecule has 2 heterocycles. The molecule has 0 radical (unpaired) electrons. The van der Waals surface area contributed by atoms with E-state index in [4.69, 9.17) is 5.73 Å². The van der Waals surface area contributed by atoms with Gasteiger partial charge in [0.25, 0.3) is 0 Å². The Bertz CT molecular complexity index is 534. The molecular weight excluding hydrogens is 220 g/mol. The van der Waals surface area contributed by atoms with Crippen LogP contribution in [-0.2, 0) is 0 Å². The summed E-state index contributed by atoms with van der Waals surface area (Å²) in [5.41, 5.74) is 6.88. The summed E-state index contributed by atoms with van der Waals surface area (Å²) >= 11 is 0. The minimum absolute atomic E-state index is 0.211. The molecule has 8 nitrogen and oxygen atoms in total. The first-order valence-electron chi connectivity index (χ1n) is 4.68. The summed E-state index contributed by atoms with van der Waals surface area (Å²) in [5, 5.41) is 20.6. The molecule has 2 aromatic rings. The van der Waals surface area contributed by atoms with Crippen molar-refractivity contribution in [2.24, 2.45) is 20.9 Å². The lowest BCUT2D eigenvalue weighted by molar-refractivity contribution is 1.06. The zero-order chi connectivity index (χ0) is 12.1. The van der Waals surface area contributed by atoms with Gasteiger partial charge in [-0.1, -0.05) is 0 Å². The summed E-state index contributed by atoms with van der Waals surface area (Å²) in [5.74, 6) is 0.521. The van der Waals surface area contributed by atoms with Crippen molar-refractivity contribution in [3.8, 4) is 0 Å². The number of hydrogen-bond acceptors (Lipinski definition) is 4. The van der Waals surface area contributed by atoms with Crippen molar-refractivity contribution in [2.75, 3.05) is 0 Å². The fraction of sp³-hybridized carbons (Fsp3) is 0. The Morgan fingerprint density at radius 3 is 2.29 bits per heavy atom. The van der Waals surface area contributed by atoms with E-state index in [1.165, 1.54) is 0 Å². The van der Waals surface area contributed by atoms with Crippen LogP contribution < -0.4 is 5.73 Å². The van der Waals surface area contributed by atoms with Crippen molar-refractivity contribution in [3.05, 3.63) is 35.9 Å². The quantitative estimate of drug-likeness (QED) is 0.388. The topological polar surface area (TPSA) is 120 Å². The predicted octanol–water partition coefficient (Wildman–Crippen LogP) is -0.0995. The highest BCUT2D eigenvalue weighted by Crippen LogP contribution is 1.98. The number of nitrogens with zero attached hydrogens (tertiary/aromatic N) is 5. The third-order valence-corrected chi connectivity index (χ3v) is 1.92. The lowest BCUT2D eigenvalue weighted by atomic mass is 10.4. The molecule has 2 rings (SSSR count). The van der Waals surface area contributed by atoms with Gasteiger partial charge >= 0.3 is 0 Å². The summed E-state index contributed by atoms with van der Waals surface area (Å²) < 4.78 is 0. The molecule has 0 amide bonds. The first-order chi connectivity index (χ1) is 8.31. The van der Waals surface area contributed by atoms with Crippen molar-refractivity contribution in [1.29, 1.82) is 0 Å². The largest absolute Gasteiger partial charge is 0.380 e. The average molecular weight is 230 g/mol. The molecule has 0 aromatic carbocycles. The van der Waals surface area contributed by atoms with Gasteiger partial charge in [0.15, 0.2) is 11.7 Å². The van der Waals surface area contributed by atoms with E-state index in [9.17, 15) is 0 Å². The van der Waals surface area contributed by atoms with Crippen LogP contribution in [-0.4, -0.2) is 38.8 Å². The van der Waals surface area contributed by atoms with Gasteiger partial charge in [0, 0.05) is 12.4 Å². The Morgan fingerprint density at radius 2 is 1.76 bits per heavy atom. The number of aromatic amines is 2. The van der Waals surface area contributed by atoms with Crippen LogP contribution in [0.2, 0.25) is 0 Å². The predicted molar refractivity (Wildman–Crippen MR) is 64.0 cm³/mol. The molecule has 0 aliphatic heterocycles. The molecule has 0 fully saturated rings. The van der Waals surface area contributed by atoms with E-state index >= 15 is 0 Å². The van der Waals surface area contributed by atoms with E-state index < -0.39 is 0 Å². The van der Waals surface area contributed by atoms with Crippen LogP contribution in [0.15, 0.2) is 39.7 Å². The fourth-order valence-electron chi connectivity index (χ4n) is 1.10. The Labute approximate surface area is 96.4 Å². The lowest BCUT2D eigenvalue weighted by Crippen LogP contribution is -2.13. The number of nitrogens with one attached hydrogen (secondary N) is 2. The maximum absolute atomic E-state index is 5.68. The molecule has 2 aromatic heterocycles. The fourth-order valence-corrected chi connectivity index (χ4v) is 1.10. The first kappa shape index (κ1) is 10.7. The molecule has 0 saturated carbocycles. The molecule has 17 heavy (non-hydrogen) atoms. The minimum atomic E-state index is 0.211. The normalized spacial score (nSPS) is 12.7. The van der Waals surface area contributed by atoms with Crippen molar-refractivity contribution in [2.45, 2.75) is 0 Å². The molecule has 0 atom stereocenters. The molecule has 86 valence electrons. The maximum Gasteiger partial charge on any atom is 0.199 e. The van der Waals surface area contributed by atoms with Crippen LogP contribution in [0.3, 0.4) is 0 Å². The van der Waals surface area contributed by atoms with E-state index in [-0.39, 0.29) is 5.84 Å². The average Bonchev–Trinajstić information content (AvgIpc) is 3.02. The van der Waals surface area contributed by atoms with E-state index in [2.05, 4.69) is 42.3 Å². The summed E-state index contributed by atoms with van der Waals surface area (Å²) in [4.78, 5) is 3.72. The van der Waals surface area contributed by atoms with Gasteiger partial charge in [-0.3, -0.25) is 10.2 Å². The molecule has 0 aliphatic rings. The number of amidine groups is 2. The van der Waals surface area contributed by atoms with Gasteiger partial charge in [-0.15, -0.1) is 10.2 Å². The number of nitrogens with two attached hydrogens (primary N) is 1. The number of H-pyrrole nitrogens is 2. The molecule has 0 aliphatic carbocycles. The standard InChI is InChI=1S/C9H10N8/c1-11-9(7-3-5-13-15-7)17-16-8(10)6-2-4-12-14-6/h2-5H,1H2,(H2,10,16)(H,12,14)(H,13,15)/b17-9-. The van der Waals surface area contributed by atoms with Crippen LogP contribution in [0.4, 0.5) is 0 Å². The zero-order valence-electron chi connectivity index (χ0n) is 8.83. The highest BCUT2D eigenvalue weighted by molar-refractivity contribution is 6.01. The molecular formula is C9H10N8. The number of aromatic nitrogens is 4. The maximum atomic E-state index is 5.68. The second kappa shape index (κ2) is 4.84. The van der Waals surface area contributed by atoms with Crippen LogP contribution in [0.25, 0.3) is 0 Å².